The lowest BCUT2D eigenvalue weighted by Crippen LogP contribution is -2.35. The van der Waals surface area contributed by atoms with Crippen LogP contribution in [0.2, 0.25) is 5.02 Å². The molecule has 0 fully saturated rings. The maximum absolute atomic E-state index is 9.37. The van der Waals surface area contributed by atoms with Crippen LogP contribution in [0.4, 0.5) is 0 Å². The summed E-state index contributed by atoms with van der Waals surface area (Å²) in [5, 5.41) is 9.98. The summed E-state index contributed by atoms with van der Waals surface area (Å²) in [6.07, 6.45) is 0. The van der Waals surface area contributed by atoms with Crippen molar-refractivity contribution in [2.45, 2.75) is 12.3 Å². The number of hydrogen-bond donors (Lipinski definition) is 2. The third-order valence-electron chi connectivity index (χ3n) is 2.61. The molecule has 0 saturated heterocycles. The number of hydrogen-bond acceptors (Lipinski definition) is 3. The summed E-state index contributed by atoms with van der Waals surface area (Å²) in [4.78, 5) is 0. The number of methoxy groups -OCH3 is 1. The van der Waals surface area contributed by atoms with Gasteiger partial charge in [0.15, 0.2) is 0 Å². The number of halogens is 1. The second kappa shape index (κ2) is 4.84. The molecule has 4 heteroatoms. The summed E-state index contributed by atoms with van der Waals surface area (Å²) in [6, 6.07) is 5.31. The highest BCUT2D eigenvalue weighted by Gasteiger charge is 2.27. The lowest BCUT2D eigenvalue weighted by atomic mass is 9.83. The summed E-state index contributed by atoms with van der Waals surface area (Å²) < 4.78 is 5.22. The molecule has 15 heavy (non-hydrogen) atoms. The Morgan fingerprint density at radius 3 is 2.67 bits per heavy atom. The van der Waals surface area contributed by atoms with Gasteiger partial charge in [-0.3, -0.25) is 0 Å². The Balaban J connectivity index is 3.26. The largest absolute Gasteiger partial charge is 0.496 e. The molecule has 0 aliphatic carbocycles. The second-order valence-electron chi connectivity index (χ2n) is 3.77. The van der Waals surface area contributed by atoms with Gasteiger partial charge in [-0.05, 0) is 18.2 Å². The molecule has 1 unspecified atom stereocenters. The van der Waals surface area contributed by atoms with Gasteiger partial charge in [0.05, 0.1) is 13.7 Å². The Labute approximate surface area is 94.8 Å². The summed E-state index contributed by atoms with van der Waals surface area (Å²) >= 11 is 5.92. The fraction of sp³-hybridized carbons (Fsp3) is 0.455. The number of benzene rings is 1. The van der Waals surface area contributed by atoms with Crippen molar-refractivity contribution in [2.24, 2.45) is 5.73 Å². The molecular formula is C11H16ClNO2. The van der Waals surface area contributed by atoms with Gasteiger partial charge in [0.2, 0.25) is 0 Å². The molecule has 0 amide bonds. The second-order valence-corrected chi connectivity index (χ2v) is 4.20. The van der Waals surface area contributed by atoms with Gasteiger partial charge in [-0.25, -0.2) is 0 Å². The van der Waals surface area contributed by atoms with Crippen molar-refractivity contribution in [3.63, 3.8) is 0 Å². The molecule has 1 aromatic carbocycles. The highest BCUT2D eigenvalue weighted by atomic mass is 35.5. The average Bonchev–Trinajstić information content (AvgIpc) is 2.28. The van der Waals surface area contributed by atoms with Crippen LogP contribution in [0.1, 0.15) is 12.5 Å². The topological polar surface area (TPSA) is 55.5 Å². The lowest BCUT2D eigenvalue weighted by Gasteiger charge is -2.27. The summed E-state index contributed by atoms with van der Waals surface area (Å²) in [6.45, 7) is 2.17. The zero-order valence-corrected chi connectivity index (χ0v) is 9.71. The standard InChI is InChI=1S/C11H16ClNO2/c1-11(6-13,7-14)9-5-8(12)3-4-10(9)15-2/h3-5,14H,6-7,13H2,1-2H3. The molecule has 0 saturated carbocycles. The van der Waals surface area contributed by atoms with Gasteiger partial charge >= 0.3 is 0 Å². The Hall–Kier alpha value is -0.770. The highest BCUT2D eigenvalue weighted by Crippen LogP contribution is 2.33. The summed E-state index contributed by atoms with van der Waals surface area (Å²) in [7, 11) is 1.58. The van der Waals surface area contributed by atoms with Gasteiger partial charge in [-0.1, -0.05) is 18.5 Å². The van der Waals surface area contributed by atoms with Crippen molar-refractivity contribution in [1.82, 2.24) is 0 Å². The molecule has 0 aliphatic heterocycles. The number of rotatable bonds is 4. The quantitative estimate of drug-likeness (QED) is 0.824. The number of aliphatic hydroxyl groups is 1. The van der Waals surface area contributed by atoms with E-state index in [0.29, 0.717) is 17.3 Å². The first-order valence-electron chi connectivity index (χ1n) is 4.72. The third kappa shape index (κ3) is 2.43. The first-order chi connectivity index (χ1) is 7.07. The summed E-state index contributed by atoms with van der Waals surface area (Å²) in [5.74, 6) is 0.696. The minimum Gasteiger partial charge on any atom is -0.496 e. The molecule has 0 heterocycles. The smallest absolute Gasteiger partial charge is 0.122 e. The normalized spacial score (nSPS) is 14.7. The first-order valence-corrected chi connectivity index (χ1v) is 5.10. The van der Waals surface area contributed by atoms with Crippen molar-refractivity contribution >= 4 is 11.6 Å². The Bertz CT molecular complexity index is 337. The lowest BCUT2D eigenvalue weighted by molar-refractivity contribution is 0.206. The van der Waals surface area contributed by atoms with Crippen molar-refractivity contribution in [2.75, 3.05) is 20.3 Å². The predicted octanol–water partition coefficient (Wildman–Crippen LogP) is 1.56. The molecule has 1 rings (SSSR count). The van der Waals surface area contributed by atoms with E-state index in [0.717, 1.165) is 5.56 Å². The monoisotopic (exact) mass is 229 g/mol. The van der Waals surface area contributed by atoms with Crippen molar-refractivity contribution in [3.8, 4) is 5.75 Å². The van der Waals surface area contributed by atoms with Crippen LogP contribution in [0, 0.1) is 0 Å². The van der Waals surface area contributed by atoms with E-state index < -0.39 is 5.41 Å². The zero-order valence-electron chi connectivity index (χ0n) is 8.96. The molecule has 0 bridgehead atoms. The molecule has 1 atom stereocenters. The van der Waals surface area contributed by atoms with E-state index >= 15 is 0 Å². The fourth-order valence-electron chi connectivity index (χ4n) is 1.41. The van der Waals surface area contributed by atoms with Crippen LogP contribution in [-0.2, 0) is 5.41 Å². The van der Waals surface area contributed by atoms with Gasteiger partial charge in [-0.2, -0.15) is 0 Å². The molecule has 3 N–H and O–H groups in total. The van der Waals surface area contributed by atoms with Crippen LogP contribution in [0.25, 0.3) is 0 Å². The zero-order chi connectivity index (χ0) is 11.5. The first kappa shape index (κ1) is 12.3. The van der Waals surface area contributed by atoms with Gasteiger partial charge in [-0.15, -0.1) is 0 Å². The van der Waals surface area contributed by atoms with Gasteiger partial charge in [0, 0.05) is 22.5 Å². The van der Waals surface area contributed by atoms with Crippen LogP contribution in [0.3, 0.4) is 0 Å². The molecule has 0 aromatic heterocycles. The number of aliphatic hydroxyl groups excluding tert-OH is 1. The van der Waals surface area contributed by atoms with Gasteiger partial charge in [0.25, 0.3) is 0 Å². The maximum Gasteiger partial charge on any atom is 0.122 e. The van der Waals surface area contributed by atoms with Crippen molar-refractivity contribution < 1.29 is 9.84 Å². The van der Waals surface area contributed by atoms with Crippen LogP contribution < -0.4 is 10.5 Å². The minimum absolute atomic E-state index is 0.0415. The average molecular weight is 230 g/mol. The van der Waals surface area contributed by atoms with Crippen LogP contribution >= 0.6 is 11.6 Å². The van der Waals surface area contributed by atoms with E-state index in [2.05, 4.69) is 0 Å². The Morgan fingerprint density at radius 2 is 2.20 bits per heavy atom. The SMILES string of the molecule is COc1ccc(Cl)cc1C(C)(CN)CO. The van der Waals surface area contributed by atoms with E-state index in [1.165, 1.54) is 0 Å². The summed E-state index contributed by atoms with van der Waals surface area (Å²) in [5.41, 5.74) is 5.98. The molecule has 1 aromatic rings. The minimum atomic E-state index is -0.518. The van der Waals surface area contributed by atoms with Crippen LogP contribution in [0.15, 0.2) is 18.2 Å². The molecule has 0 radical (unpaired) electrons. The fourth-order valence-corrected chi connectivity index (χ4v) is 1.58. The number of nitrogens with two attached hydrogens (primary N) is 1. The molecular weight excluding hydrogens is 214 g/mol. The van der Waals surface area contributed by atoms with E-state index in [-0.39, 0.29) is 6.61 Å². The van der Waals surface area contributed by atoms with E-state index in [1.807, 2.05) is 6.92 Å². The number of ether oxygens (including phenoxy) is 1. The third-order valence-corrected chi connectivity index (χ3v) is 2.85. The van der Waals surface area contributed by atoms with E-state index in [4.69, 9.17) is 22.1 Å². The van der Waals surface area contributed by atoms with Crippen LogP contribution in [0.5, 0.6) is 5.75 Å². The van der Waals surface area contributed by atoms with E-state index in [9.17, 15) is 5.11 Å². The Morgan fingerprint density at radius 1 is 1.53 bits per heavy atom. The van der Waals surface area contributed by atoms with Gasteiger partial charge < -0.3 is 15.6 Å². The predicted molar refractivity (Wildman–Crippen MR) is 61.5 cm³/mol. The van der Waals surface area contributed by atoms with Crippen molar-refractivity contribution in [3.05, 3.63) is 28.8 Å². The van der Waals surface area contributed by atoms with Crippen LogP contribution in [-0.4, -0.2) is 25.4 Å². The molecule has 0 aliphatic rings. The van der Waals surface area contributed by atoms with Crippen molar-refractivity contribution in [1.29, 1.82) is 0 Å². The molecule has 3 nitrogen and oxygen atoms in total. The highest BCUT2D eigenvalue weighted by molar-refractivity contribution is 6.30. The van der Waals surface area contributed by atoms with E-state index in [1.54, 1.807) is 25.3 Å². The Kier molecular flexibility index (Phi) is 3.97. The molecule has 0 spiro atoms. The van der Waals surface area contributed by atoms with Gasteiger partial charge in [0.1, 0.15) is 5.75 Å². The maximum atomic E-state index is 9.37. The molecule has 84 valence electrons.